The maximum Gasteiger partial charge on any atom is 0.123 e. The van der Waals surface area contributed by atoms with Gasteiger partial charge in [0.2, 0.25) is 0 Å². The molecule has 1 N–H and O–H groups in total. The molecule has 0 aliphatic carbocycles. The van der Waals surface area contributed by atoms with Gasteiger partial charge in [-0.2, -0.15) is 0 Å². The molecule has 1 heterocycles. The summed E-state index contributed by atoms with van der Waals surface area (Å²) in [4.78, 5) is 4.47. The first-order chi connectivity index (χ1) is 9.67. The molecule has 0 bridgehead atoms. The van der Waals surface area contributed by atoms with Crippen LogP contribution in [0.2, 0.25) is 0 Å². The van der Waals surface area contributed by atoms with Gasteiger partial charge in [0, 0.05) is 29.4 Å². The van der Waals surface area contributed by atoms with Crippen molar-refractivity contribution in [3.63, 3.8) is 0 Å². The number of aryl methyl sites for hydroxylation is 1. The minimum atomic E-state index is 0.166. The first-order valence-corrected chi connectivity index (χ1v) is 6.90. The molecule has 2 aromatic rings. The van der Waals surface area contributed by atoms with Crippen LogP contribution in [0.15, 0.2) is 42.6 Å². The fourth-order valence-corrected chi connectivity index (χ4v) is 2.59. The molecule has 3 nitrogen and oxygen atoms in total. The van der Waals surface area contributed by atoms with Crippen LogP contribution in [0.3, 0.4) is 0 Å². The van der Waals surface area contributed by atoms with Gasteiger partial charge in [0.15, 0.2) is 0 Å². The number of hydrogen-bond donors (Lipinski definition) is 1. The summed E-state index contributed by atoms with van der Waals surface area (Å²) >= 11 is 0. The van der Waals surface area contributed by atoms with E-state index in [1.807, 2.05) is 31.4 Å². The van der Waals surface area contributed by atoms with E-state index < -0.39 is 0 Å². The van der Waals surface area contributed by atoms with E-state index in [1.165, 1.54) is 11.1 Å². The lowest BCUT2D eigenvalue weighted by atomic mass is 9.90. The van der Waals surface area contributed by atoms with Crippen LogP contribution in [0.5, 0.6) is 5.75 Å². The number of methoxy groups -OCH3 is 1. The standard InChI is InChI=1S/C17H22N2O/c1-12-8-9-16(20-4)14(11-12)17(18-3)13(2)15-7-5-6-10-19-15/h5-11,13,17-18H,1-4H3. The third-order valence-electron chi connectivity index (χ3n) is 3.69. The molecule has 0 aliphatic heterocycles. The van der Waals surface area contributed by atoms with E-state index in [1.54, 1.807) is 7.11 Å². The summed E-state index contributed by atoms with van der Waals surface area (Å²) in [6.45, 7) is 4.28. The average molecular weight is 270 g/mol. The lowest BCUT2D eigenvalue weighted by Crippen LogP contribution is -2.23. The number of ether oxygens (including phenoxy) is 1. The van der Waals surface area contributed by atoms with Crippen molar-refractivity contribution in [3.8, 4) is 5.75 Å². The third-order valence-corrected chi connectivity index (χ3v) is 3.69. The minimum Gasteiger partial charge on any atom is -0.496 e. The Bertz CT molecular complexity index is 554. The Morgan fingerprint density at radius 1 is 1.20 bits per heavy atom. The van der Waals surface area contributed by atoms with E-state index in [2.05, 4.69) is 42.3 Å². The molecule has 2 unspecified atom stereocenters. The maximum absolute atomic E-state index is 5.51. The Kier molecular flexibility index (Phi) is 4.74. The van der Waals surface area contributed by atoms with Crippen molar-refractivity contribution in [2.45, 2.75) is 25.8 Å². The normalized spacial score (nSPS) is 13.8. The van der Waals surface area contributed by atoms with Crippen molar-refractivity contribution in [1.82, 2.24) is 10.3 Å². The largest absolute Gasteiger partial charge is 0.496 e. The van der Waals surface area contributed by atoms with Gasteiger partial charge in [0.05, 0.1) is 7.11 Å². The average Bonchev–Trinajstić information content (AvgIpc) is 2.49. The van der Waals surface area contributed by atoms with Gasteiger partial charge in [-0.3, -0.25) is 4.98 Å². The first kappa shape index (κ1) is 14.5. The Labute approximate surface area is 121 Å². The minimum absolute atomic E-state index is 0.166. The third kappa shape index (κ3) is 2.99. The highest BCUT2D eigenvalue weighted by molar-refractivity contribution is 5.40. The molecule has 3 heteroatoms. The second-order valence-corrected chi connectivity index (χ2v) is 5.06. The smallest absolute Gasteiger partial charge is 0.123 e. The van der Waals surface area contributed by atoms with E-state index in [4.69, 9.17) is 4.74 Å². The van der Waals surface area contributed by atoms with Gasteiger partial charge in [-0.15, -0.1) is 0 Å². The molecule has 0 spiro atoms. The molecule has 2 rings (SSSR count). The van der Waals surface area contributed by atoms with E-state index in [-0.39, 0.29) is 12.0 Å². The number of rotatable bonds is 5. The molecule has 2 atom stereocenters. The van der Waals surface area contributed by atoms with E-state index in [0.29, 0.717) is 0 Å². The van der Waals surface area contributed by atoms with Gasteiger partial charge in [-0.05, 0) is 32.2 Å². The van der Waals surface area contributed by atoms with Gasteiger partial charge in [0.25, 0.3) is 0 Å². The second kappa shape index (κ2) is 6.53. The van der Waals surface area contributed by atoms with Gasteiger partial charge >= 0.3 is 0 Å². The quantitative estimate of drug-likeness (QED) is 0.903. The number of likely N-dealkylation sites (N-methyl/N-ethyl adjacent to an activating group) is 1. The van der Waals surface area contributed by atoms with Crippen molar-refractivity contribution >= 4 is 0 Å². The molecule has 20 heavy (non-hydrogen) atoms. The molecule has 0 saturated carbocycles. The Morgan fingerprint density at radius 3 is 2.60 bits per heavy atom. The van der Waals surface area contributed by atoms with E-state index >= 15 is 0 Å². The van der Waals surface area contributed by atoms with Crippen LogP contribution in [0.1, 0.15) is 35.7 Å². The summed E-state index contributed by atoms with van der Waals surface area (Å²) in [5.74, 6) is 1.18. The lowest BCUT2D eigenvalue weighted by molar-refractivity contribution is 0.393. The van der Waals surface area contributed by atoms with E-state index in [9.17, 15) is 0 Å². The Hall–Kier alpha value is -1.87. The molecule has 1 aromatic carbocycles. The highest BCUT2D eigenvalue weighted by Crippen LogP contribution is 2.35. The monoisotopic (exact) mass is 270 g/mol. The summed E-state index contributed by atoms with van der Waals surface area (Å²) in [5, 5.41) is 3.40. The van der Waals surface area contributed by atoms with Crippen LogP contribution >= 0.6 is 0 Å². The summed E-state index contributed by atoms with van der Waals surface area (Å²) in [6.07, 6.45) is 1.84. The molecule has 0 fully saturated rings. The number of aromatic nitrogens is 1. The summed E-state index contributed by atoms with van der Waals surface area (Å²) in [6, 6.07) is 12.5. The molecular formula is C17H22N2O. The highest BCUT2D eigenvalue weighted by atomic mass is 16.5. The van der Waals surface area contributed by atoms with Crippen LogP contribution in [0.4, 0.5) is 0 Å². The van der Waals surface area contributed by atoms with Crippen LogP contribution in [-0.2, 0) is 0 Å². The zero-order chi connectivity index (χ0) is 14.5. The van der Waals surface area contributed by atoms with Crippen LogP contribution in [-0.4, -0.2) is 19.1 Å². The van der Waals surface area contributed by atoms with Gasteiger partial charge in [-0.25, -0.2) is 0 Å². The predicted molar refractivity (Wildman–Crippen MR) is 82.2 cm³/mol. The first-order valence-electron chi connectivity index (χ1n) is 6.90. The van der Waals surface area contributed by atoms with Crippen LogP contribution in [0, 0.1) is 6.92 Å². The van der Waals surface area contributed by atoms with Crippen molar-refractivity contribution < 1.29 is 4.74 Å². The van der Waals surface area contributed by atoms with Crippen molar-refractivity contribution in [1.29, 1.82) is 0 Å². The lowest BCUT2D eigenvalue weighted by Gasteiger charge is -2.25. The highest BCUT2D eigenvalue weighted by Gasteiger charge is 2.23. The topological polar surface area (TPSA) is 34.1 Å². The molecule has 0 saturated heterocycles. The number of nitrogens with zero attached hydrogens (tertiary/aromatic N) is 1. The molecule has 0 aliphatic rings. The van der Waals surface area contributed by atoms with Gasteiger partial charge in [-0.1, -0.05) is 30.7 Å². The maximum atomic E-state index is 5.51. The summed E-state index contributed by atoms with van der Waals surface area (Å²) < 4.78 is 5.51. The van der Waals surface area contributed by atoms with Crippen LogP contribution in [0.25, 0.3) is 0 Å². The number of nitrogens with one attached hydrogen (secondary N) is 1. The zero-order valence-electron chi connectivity index (χ0n) is 12.6. The van der Waals surface area contributed by atoms with Crippen molar-refractivity contribution in [3.05, 3.63) is 59.4 Å². The predicted octanol–water partition coefficient (Wildman–Crippen LogP) is 3.46. The zero-order valence-corrected chi connectivity index (χ0v) is 12.6. The van der Waals surface area contributed by atoms with Crippen molar-refractivity contribution in [2.24, 2.45) is 0 Å². The number of hydrogen-bond acceptors (Lipinski definition) is 3. The van der Waals surface area contributed by atoms with Gasteiger partial charge < -0.3 is 10.1 Å². The number of pyridine rings is 1. The summed E-state index contributed by atoms with van der Waals surface area (Å²) in [5.41, 5.74) is 3.48. The fourth-order valence-electron chi connectivity index (χ4n) is 2.59. The summed E-state index contributed by atoms with van der Waals surface area (Å²) in [7, 11) is 3.69. The Morgan fingerprint density at radius 2 is 2.00 bits per heavy atom. The fraction of sp³-hybridized carbons (Fsp3) is 0.353. The SMILES string of the molecule is CNC(c1cc(C)ccc1OC)C(C)c1ccccn1. The molecule has 0 amide bonds. The van der Waals surface area contributed by atoms with Crippen LogP contribution < -0.4 is 10.1 Å². The molecule has 0 radical (unpaired) electrons. The molecule has 1 aromatic heterocycles. The molecular weight excluding hydrogens is 248 g/mol. The molecule has 106 valence electrons. The Balaban J connectivity index is 2.40. The number of benzene rings is 1. The second-order valence-electron chi connectivity index (χ2n) is 5.06. The van der Waals surface area contributed by atoms with E-state index in [0.717, 1.165) is 11.4 Å². The van der Waals surface area contributed by atoms with Gasteiger partial charge in [0.1, 0.15) is 5.75 Å². The van der Waals surface area contributed by atoms with Crippen molar-refractivity contribution in [2.75, 3.05) is 14.2 Å².